The molecule has 0 amide bonds. The number of aryl methyl sites for hydroxylation is 1. The van der Waals surface area contributed by atoms with Crippen LogP contribution in [0.5, 0.6) is 5.75 Å². The summed E-state index contributed by atoms with van der Waals surface area (Å²) in [6.07, 6.45) is 0. The van der Waals surface area contributed by atoms with Gasteiger partial charge < -0.3 is 9.84 Å². The third-order valence-corrected chi connectivity index (χ3v) is 1.60. The lowest BCUT2D eigenvalue weighted by atomic mass is 10.1. The van der Waals surface area contributed by atoms with Gasteiger partial charge in [0.15, 0.2) is 0 Å². The SMILES string of the molecule is CCOc1cc(C)cc(CO)c1. The van der Waals surface area contributed by atoms with E-state index in [0.29, 0.717) is 6.61 Å². The fourth-order valence-electron chi connectivity index (χ4n) is 1.17. The minimum Gasteiger partial charge on any atom is -0.494 e. The number of rotatable bonds is 3. The molecule has 0 saturated heterocycles. The number of benzene rings is 1. The van der Waals surface area contributed by atoms with Gasteiger partial charge in [-0.15, -0.1) is 0 Å². The topological polar surface area (TPSA) is 29.5 Å². The van der Waals surface area contributed by atoms with Gasteiger partial charge in [0.05, 0.1) is 13.2 Å². The van der Waals surface area contributed by atoms with Gasteiger partial charge in [0.25, 0.3) is 0 Å². The highest BCUT2D eigenvalue weighted by Crippen LogP contribution is 2.16. The van der Waals surface area contributed by atoms with Crippen LogP contribution in [-0.4, -0.2) is 11.7 Å². The molecular formula is C10H14O2. The predicted octanol–water partition coefficient (Wildman–Crippen LogP) is 1.89. The highest BCUT2D eigenvalue weighted by molar-refractivity contribution is 5.33. The van der Waals surface area contributed by atoms with E-state index in [1.165, 1.54) is 0 Å². The van der Waals surface area contributed by atoms with E-state index in [1.807, 2.05) is 32.0 Å². The van der Waals surface area contributed by atoms with Crippen molar-refractivity contribution in [2.75, 3.05) is 6.61 Å². The highest BCUT2D eigenvalue weighted by atomic mass is 16.5. The van der Waals surface area contributed by atoms with Gasteiger partial charge in [0, 0.05) is 0 Å². The highest BCUT2D eigenvalue weighted by Gasteiger charge is 1.97. The van der Waals surface area contributed by atoms with Crippen molar-refractivity contribution in [2.45, 2.75) is 20.5 Å². The van der Waals surface area contributed by atoms with Crippen molar-refractivity contribution in [2.24, 2.45) is 0 Å². The summed E-state index contributed by atoms with van der Waals surface area (Å²) < 4.78 is 5.32. The van der Waals surface area contributed by atoms with Crippen molar-refractivity contribution in [3.05, 3.63) is 29.3 Å². The van der Waals surface area contributed by atoms with Crippen molar-refractivity contribution < 1.29 is 9.84 Å². The van der Waals surface area contributed by atoms with Crippen molar-refractivity contribution in [3.63, 3.8) is 0 Å². The molecule has 0 aromatic heterocycles. The molecule has 0 aliphatic rings. The molecule has 2 nitrogen and oxygen atoms in total. The van der Waals surface area contributed by atoms with Crippen molar-refractivity contribution >= 4 is 0 Å². The molecule has 0 heterocycles. The van der Waals surface area contributed by atoms with Crippen LogP contribution in [0.2, 0.25) is 0 Å². The maximum absolute atomic E-state index is 8.90. The van der Waals surface area contributed by atoms with E-state index >= 15 is 0 Å². The number of aliphatic hydroxyl groups is 1. The molecule has 0 aliphatic carbocycles. The second kappa shape index (κ2) is 4.12. The zero-order valence-corrected chi connectivity index (χ0v) is 7.50. The molecule has 0 aliphatic heterocycles. The zero-order chi connectivity index (χ0) is 8.97. The van der Waals surface area contributed by atoms with Crippen molar-refractivity contribution in [1.29, 1.82) is 0 Å². The maximum atomic E-state index is 8.90. The number of ether oxygens (including phenoxy) is 1. The minimum atomic E-state index is 0.0712. The molecule has 0 unspecified atom stereocenters. The van der Waals surface area contributed by atoms with Crippen LogP contribution in [0.1, 0.15) is 18.1 Å². The van der Waals surface area contributed by atoms with Crippen LogP contribution in [0.4, 0.5) is 0 Å². The van der Waals surface area contributed by atoms with E-state index in [-0.39, 0.29) is 6.61 Å². The summed E-state index contributed by atoms with van der Waals surface area (Å²) in [5, 5.41) is 8.90. The van der Waals surface area contributed by atoms with Crippen molar-refractivity contribution in [3.8, 4) is 5.75 Å². The van der Waals surface area contributed by atoms with E-state index in [0.717, 1.165) is 16.9 Å². The quantitative estimate of drug-likeness (QED) is 0.743. The molecule has 0 fully saturated rings. The summed E-state index contributed by atoms with van der Waals surface area (Å²) in [5.41, 5.74) is 2.02. The number of hydrogen-bond acceptors (Lipinski definition) is 2. The molecule has 1 aromatic rings. The molecule has 0 bridgehead atoms. The first-order valence-corrected chi connectivity index (χ1v) is 4.10. The third-order valence-electron chi connectivity index (χ3n) is 1.60. The Hall–Kier alpha value is -1.02. The monoisotopic (exact) mass is 166 g/mol. The molecule has 2 heteroatoms. The molecular weight excluding hydrogens is 152 g/mol. The summed E-state index contributed by atoms with van der Waals surface area (Å²) in [6, 6.07) is 5.77. The Labute approximate surface area is 72.8 Å². The lowest BCUT2D eigenvalue weighted by Crippen LogP contribution is -1.93. The van der Waals surface area contributed by atoms with Gasteiger partial charge in [-0.1, -0.05) is 6.07 Å². The van der Waals surface area contributed by atoms with Gasteiger partial charge >= 0.3 is 0 Å². The van der Waals surface area contributed by atoms with Crippen molar-refractivity contribution in [1.82, 2.24) is 0 Å². The van der Waals surface area contributed by atoms with E-state index in [1.54, 1.807) is 0 Å². The Morgan fingerprint density at radius 1 is 1.33 bits per heavy atom. The molecule has 12 heavy (non-hydrogen) atoms. The van der Waals surface area contributed by atoms with Crippen LogP contribution in [0.25, 0.3) is 0 Å². The summed E-state index contributed by atoms with van der Waals surface area (Å²) in [5.74, 6) is 0.835. The van der Waals surface area contributed by atoms with E-state index in [9.17, 15) is 0 Å². The first-order chi connectivity index (χ1) is 5.76. The van der Waals surface area contributed by atoms with Gasteiger partial charge in [-0.3, -0.25) is 0 Å². The standard InChI is InChI=1S/C10H14O2/c1-3-12-10-5-8(2)4-9(6-10)7-11/h4-6,11H,3,7H2,1-2H3. The maximum Gasteiger partial charge on any atom is 0.119 e. The van der Waals surface area contributed by atoms with Gasteiger partial charge in [-0.05, 0) is 37.1 Å². The normalized spacial score (nSPS) is 9.92. The fraction of sp³-hybridized carbons (Fsp3) is 0.400. The van der Waals surface area contributed by atoms with E-state index in [4.69, 9.17) is 9.84 Å². The predicted molar refractivity (Wildman–Crippen MR) is 48.3 cm³/mol. The van der Waals surface area contributed by atoms with Crippen LogP contribution < -0.4 is 4.74 Å². The van der Waals surface area contributed by atoms with Gasteiger partial charge in [-0.2, -0.15) is 0 Å². The smallest absolute Gasteiger partial charge is 0.119 e. The largest absolute Gasteiger partial charge is 0.494 e. The van der Waals surface area contributed by atoms with Crippen LogP contribution >= 0.6 is 0 Å². The lowest BCUT2D eigenvalue weighted by molar-refractivity contribution is 0.280. The fourth-order valence-corrected chi connectivity index (χ4v) is 1.17. The summed E-state index contributed by atoms with van der Waals surface area (Å²) >= 11 is 0. The Bertz CT molecular complexity index is 256. The van der Waals surface area contributed by atoms with Gasteiger partial charge in [0.2, 0.25) is 0 Å². The molecule has 1 N–H and O–H groups in total. The van der Waals surface area contributed by atoms with Gasteiger partial charge in [0.1, 0.15) is 5.75 Å². The minimum absolute atomic E-state index is 0.0712. The van der Waals surface area contributed by atoms with E-state index < -0.39 is 0 Å². The lowest BCUT2D eigenvalue weighted by Gasteiger charge is -2.05. The average Bonchev–Trinajstić information content (AvgIpc) is 2.04. The van der Waals surface area contributed by atoms with E-state index in [2.05, 4.69) is 0 Å². The van der Waals surface area contributed by atoms with Crippen LogP contribution in [0.15, 0.2) is 18.2 Å². The van der Waals surface area contributed by atoms with Crippen LogP contribution in [0, 0.1) is 6.92 Å². The molecule has 0 spiro atoms. The molecule has 0 saturated carbocycles. The number of aliphatic hydroxyl groups excluding tert-OH is 1. The Kier molecular flexibility index (Phi) is 3.11. The molecule has 0 radical (unpaired) electrons. The number of hydrogen-bond donors (Lipinski definition) is 1. The first-order valence-electron chi connectivity index (χ1n) is 4.10. The average molecular weight is 166 g/mol. The Balaban J connectivity index is 2.90. The second-order valence-corrected chi connectivity index (χ2v) is 2.75. The van der Waals surface area contributed by atoms with Crippen LogP contribution in [0.3, 0.4) is 0 Å². The zero-order valence-electron chi connectivity index (χ0n) is 7.50. The molecule has 66 valence electrons. The molecule has 1 rings (SSSR count). The Morgan fingerprint density at radius 2 is 2.08 bits per heavy atom. The summed E-state index contributed by atoms with van der Waals surface area (Å²) in [7, 11) is 0. The third kappa shape index (κ3) is 2.24. The second-order valence-electron chi connectivity index (χ2n) is 2.75. The molecule has 0 atom stereocenters. The summed E-state index contributed by atoms with van der Waals surface area (Å²) in [4.78, 5) is 0. The van der Waals surface area contributed by atoms with Crippen LogP contribution in [-0.2, 0) is 6.61 Å². The Morgan fingerprint density at radius 3 is 2.67 bits per heavy atom. The first kappa shape index (κ1) is 9.07. The summed E-state index contributed by atoms with van der Waals surface area (Å²) in [6.45, 7) is 4.67. The molecule has 1 aromatic carbocycles. The van der Waals surface area contributed by atoms with Gasteiger partial charge in [-0.25, -0.2) is 0 Å².